The molecule has 0 amide bonds. The summed E-state index contributed by atoms with van der Waals surface area (Å²) in [5.41, 5.74) is 3.90. The molecule has 0 bridgehead atoms. The third-order valence-corrected chi connectivity index (χ3v) is 5.35. The van der Waals surface area contributed by atoms with E-state index in [1.807, 2.05) is 35.0 Å². The fourth-order valence-corrected chi connectivity index (χ4v) is 3.75. The molecule has 6 nitrogen and oxygen atoms in total. The number of pyridine rings is 1. The Hall–Kier alpha value is -3.80. The maximum atomic E-state index is 11.5. The summed E-state index contributed by atoms with van der Waals surface area (Å²) >= 11 is 0. The number of carbonyl (C=O) groups is 1. The Morgan fingerprint density at radius 3 is 2.44 bits per heavy atom. The van der Waals surface area contributed by atoms with Crippen LogP contribution in [-0.2, 0) is 25.8 Å². The van der Waals surface area contributed by atoms with Gasteiger partial charge in [-0.3, -0.25) is 0 Å². The van der Waals surface area contributed by atoms with Gasteiger partial charge in [0, 0.05) is 31.1 Å². The molecule has 1 N–H and O–H groups in total. The molecule has 0 fully saturated rings. The van der Waals surface area contributed by atoms with Crippen LogP contribution in [0, 0.1) is 0 Å². The van der Waals surface area contributed by atoms with Gasteiger partial charge in [0.25, 0.3) is 0 Å². The second kappa shape index (κ2) is 10.0. The third-order valence-electron chi connectivity index (χ3n) is 5.35. The Balaban J connectivity index is 1.51. The molecule has 0 atom stereocenters. The van der Waals surface area contributed by atoms with Crippen molar-refractivity contribution >= 4 is 5.97 Å². The minimum Gasteiger partial charge on any atom is -0.476 e. The molecule has 2 aromatic carbocycles. The van der Waals surface area contributed by atoms with Crippen LogP contribution in [-0.4, -0.2) is 30.8 Å². The van der Waals surface area contributed by atoms with Crippen LogP contribution >= 0.6 is 0 Å². The first-order valence-electron chi connectivity index (χ1n) is 10.9. The summed E-state index contributed by atoms with van der Waals surface area (Å²) in [5, 5.41) is 14.1. The summed E-state index contributed by atoms with van der Waals surface area (Å²) in [5.74, 6) is 0.797. The Morgan fingerprint density at radius 1 is 0.938 bits per heavy atom. The zero-order valence-corrected chi connectivity index (χ0v) is 18.1. The average molecular weight is 427 g/mol. The number of nitrogens with zero attached hydrogens (tertiary/aromatic N) is 4. The number of aromatic nitrogens is 4. The lowest BCUT2D eigenvalue weighted by atomic mass is 10.0. The van der Waals surface area contributed by atoms with Crippen molar-refractivity contribution in [2.45, 2.75) is 39.2 Å². The molecule has 0 radical (unpaired) electrons. The highest BCUT2D eigenvalue weighted by atomic mass is 16.4. The number of hydrogen-bond donors (Lipinski definition) is 1. The average Bonchev–Trinajstić information content (AvgIpc) is 3.20. The summed E-state index contributed by atoms with van der Waals surface area (Å²) in [6.07, 6.45) is 4.90. The van der Waals surface area contributed by atoms with E-state index in [-0.39, 0.29) is 5.69 Å². The lowest BCUT2D eigenvalue weighted by Gasteiger charge is -2.07. The zero-order valence-electron chi connectivity index (χ0n) is 18.1. The Labute approximate surface area is 187 Å². The maximum Gasteiger partial charge on any atom is 0.355 e. The van der Waals surface area contributed by atoms with Gasteiger partial charge in [-0.1, -0.05) is 67.6 Å². The van der Waals surface area contributed by atoms with Crippen LogP contribution in [0.3, 0.4) is 0 Å². The van der Waals surface area contributed by atoms with E-state index < -0.39 is 5.97 Å². The van der Waals surface area contributed by atoms with E-state index in [4.69, 9.17) is 10.1 Å². The molecule has 2 heterocycles. The Kier molecular flexibility index (Phi) is 6.70. The monoisotopic (exact) mass is 426 g/mol. The van der Waals surface area contributed by atoms with Gasteiger partial charge < -0.3 is 5.11 Å². The van der Waals surface area contributed by atoms with Crippen molar-refractivity contribution in [1.29, 1.82) is 0 Å². The highest BCUT2D eigenvalue weighted by Crippen LogP contribution is 2.23. The third kappa shape index (κ3) is 5.09. The number of carboxylic acid groups (broad SMARTS) is 1. The molecule has 6 heteroatoms. The molecular weight excluding hydrogens is 400 g/mol. The molecule has 0 unspecified atom stereocenters. The SMILES string of the molecule is CCCn1nc(CCc2ccccc2)nc1Cc1ccc(-c2cccnc2C(=O)O)cc1. The van der Waals surface area contributed by atoms with Crippen LogP contribution in [0.2, 0.25) is 0 Å². The molecule has 4 aromatic rings. The van der Waals surface area contributed by atoms with Gasteiger partial charge in [-0.05, 0) is 35.6 Å². The summed E-state index contributed by atoms with van der Waals surface area (Å²) in [4.78, 5) is 20.3. The largest absolute Gasteiger partial charge is 0.476 e. The number of carboxylic acids is 1. The smallest absolute Gasteiger partial charge is 0.355 e. The zero-order chi connectivity index (χ0) is 22.3. The van der Waals surface area contributed by atoms with E-state index in [0.717, 1.165) is 48.6 Å². The predicted octanol–water partition coefficient (Wildman–Crippen LogP) is 4.82. The molecule has 0 saturated carbocycles. The highest BCUT2D eigenvalue weighted by molar-refractivity contribution is 5.93. The van der Waals surface area contributed by atoms with Gasteiger partial charge in [0.15, 0.2) is 11.5 Å². The standard InChI is InChI=1S/C26H26N4O2/c1-2-17-30-24(28-23(29-30)15-12-19-7-4-3-5-8-19)18-20-10-13-21(14-11-20)22-9-6-16-27-25(22)26(31)32/h3-11,13-14,16H,2,12,15,17-18H2,1H3,(H,31,32). The first kappa shape index (κ1) is 21.4. The van der Waals surface area contributed by atoms with Crippen LogP contribution in [0.1, 0.15) is 46.6 Å². The van der Waals surface area contributed by atoms with Gasteiger partial charge >= 0.3 is 5.97 Å². The van der Waals surface area contributed by atoms with Gasteiger partial charge in [0.1, 0.15) is 5.82 Å². The molecule has 32 heavy (non-hydrogen) atoms. The van der Waals surface area contributed by atoms with Crippen molar-refractivity contribution in [2.24, 2.45) is 0 Å². The van der Waals surface area contributed by atoms with Gasteiger partial charge in [-0.25, -0.2) is 19.4 Å². The van der Waals surface area contributed by atoms with E-state index in [1.54, 1.807) is 12.1 Å². The Bertz CT molecular complexity index is 1180. The van der Waals surface area contributed by atoms with Gasteiger partial charge in [0.05, 0.1) is 0 Å². The summed E-state index contributed by atoms with van der Waals surface area (Å²) < 4.78 is 2.01. The predicted molar refractivity (Wildman–Crippen MR) is 124 cm³/mol. The van der Waals surface area contributed by atoms with Crippen molar-refractivity contribution in [3.63, 3.8) is 0 Å². The number of aryl methyl sites for hydroxylation is 3. The second-order valence-electron chi connectivity index (χ2n) is 7.73. The van der Waals surface area contributed by atoms with Crippen LogP contribution in [0.25, 0.3) is 11.1 Å². The van der Waals surface area contributed by atoms with E-state index in [9.17, 15) is 9.90 Å². The minimum atomic E-state index is -1.03. The highest BCUT2D eigenvalue weighted by Gasteiger charge is 2.14. The summed E-state index contributed by atoms with van der Waals surface area (Å²) in [7, 11) is 0. The van der Waals surface area contributed by atoms with Crippen molar-refractivity contribution in [1.82, 2.24) is 19.7 Å². The normalized spacial score (nSPS) is 10.9. The first-order valence-corrected chi connectivity index (χ1v) is 10.9. The molecule has 0 spiro atoms. The van der Waals surface area contributed by atoms with Crippen LogP contribution in [0.15, 0.2) is 72.9 Å². The molecule has 0 aliphatic heterocycles. The minimum absolute atomic E-state index is 0.0611. The molecule has 2 aromatic heterocycles. The molecule has 0 saturated heterocycles. The van der Waals surface area contributed by atoms with Gasteiger partial charge in [-0.2, -0.15) is 5.10 Å². The summed E-state index contributed by atoms with van der Waals surface area (Å²) in [6.45, 7) is 2.97. The van der Waals surface area contributed by atoms with Gasteiger partial charge in [0.2, 0.25) is 0 Å². The second-order valence-corrected chi connectivity index (χ2v) is 7.73. The topological polar surface area (TPSA) is 80.9 Å². The van der Waals surface area contributed by atoms with E-state index in [1.165, 1.54) is 11.8 Å². The molecular formula is C26H26N4O2. The van der Waals surface area contributed by atoms with E-state index in [2.05, 4.69) is 36.2 Å². The van der Waals surface area contributed by atoms with Crippen LogP contribution in [0.4, 0.5) is 0 Å². The first-order chi connectivity index (χ1) is 15.6. The lowest BCUT2D eigenvalue weighted by molar-refractivity contribution is 0.0691. The maximum absolute atomic E-state index is 11.5. The number of rotatable bonds is 9. The molecule has 162 valence electrons. The fourth-order valence-electron chi connectivity index (χ4n) is 3.75. The van der Waals surface area contributed by atoms with Crippen molar-refractivity contribution in [3.8, 4) is 11.1 Å². The molecule has 0 aliphatic rings. The lowest BCUT2D eigenvalue weighted by Crippen LogP contribution is -2.06. The van der Waals surface area contributed by atoms with Crippen molar-refractivity contribution in [2.75, 3.05) is 0 Å². The van der Waals surface area contributed by atoms with E-state index in [0.29, 0.717) is 12.0 Å². The molecule has 0 aliphatic carbocycles. The van der Waals surface area contributed by atoms with Crippen molar-refractivity contribution in [3.05, 3.63) is 101 Å². The van der Waals surface area contributed by atoms with Crippen molar-refractivity contribution < 1.29 is 9.90 Å². The fraction of sp³-hybridized carbons (Fsp3) is 0.231. The number of benzene rings is 2. The number of hydrogen-bond acceptors (Lipinski definition) is 4. The van der Waals surface area contributed by atoms with E-state index >= 15 is 0 Å². The quantitative estimate of drug-likeness (QED) is 0.415. The molecule has 4 rings (SSSR count). The Morgan fingerprint density at radius 2 is 1.72 bits per heavy atom. The summed E-state index contributed by atoms with van der Waals surface area (Å²) in [6, 6.07) is 21.8. The number of aromatic carboxylic acids is 1. The van der Waals surface area contributed by atoms with Crippen LogP contribution in [0.5, 0.6) is 0 Å². The van der Waals surface area contributed by atoms with Crippen LogP contribution < -0.4 is 0 Å². The van der Waals surface area contributed by atoms with Gasteiger partial charge in [-0.15, -0.1) is 0 Å².